The smallest absolute Gasteiger partial charge is 0.155 e. The largest absolute Gasteiger partial charge is 0.378 e. The molecule has 1 unspecified atom stereocenters. The molecular formula is C14H16BrFN2S. The molecule has 5 heteroatoms. The van der Waals surface area contributed by atoms with Crippen molar-refractivity contribution in [1.82, 2.24) is 0 Å². The van der Waals surface area contributed by atoms with E-state index in [2.05, 4.69) is 20.9 Å². The average Bonchev–Trinajstić information content (AvgIpc) is 2.29. The maximum atomic E-state index is 14.2. The lowest BCUT2D eigenvalue weighted by atomic mass is 9.73. The summed E-state index contributed by atoms with van der Waals surface area (Å²) in [5.74, 6) is -0.205. The molecule has 0 aromatic heterocycles. The summed E-state index contributed by atoms with van der Waals surface area (Å²) in [4.78, 5) is 4.56. The summed E-state index contributed by atoms with van der Waals surface area (Å²) in [5, 5.41) is 0.591. The van der Waals surface area contributed by atoms with Gasteiger partial charge in [-0.15, -0.1) is 0 Å². The highest BCUT2D eigenvalue weighted by atomic mass is 79.9. The van der Waals surface area contributed by atoms with Crippen molar-refractivity contribution in [3.05, 3.63) is 34.1 Å². The van der Waals surface area contributed by atoms with E-state index in [9.17, 15) is 4.39 Å². The number of thioether (sulfide) groups is 1. The van der Waals surface area contributed by atoms with E-state index in [0.717, 1.165) is 23.7 Å². The summed E-state index contributed by atoms with van der Waals surface area (Å²) in [6.45, 7) is 1.99. The lowest BCUT2D eigenvalue weighted by Crippen LogP contribution is -2.46. The van der Waals surface area contributed by atoms with E-state index in [1.165, 1.54) is 12.5 Å². The molecule has 19 heavy (non-hydrogen) atoms. The molecular weight excluding hydrogens is 327 g/mol. The molecule has 102 valence electrons. The zero-order valence-electron chi connectivity index (χ0n) is 10.7. The molecule has 1 fully saturated rings. The van der Waals surface area contributed by atoms with E-state index >= 15 is 0 Å². The summed E-state index contributed by atoms with van der Waals surface area (Å²) < 4.78 is 15.2. The molecule has 1 aromatic rings. The molecule has 0 bridgehead atoms. The van der Waals surface area contributed by atoms with Gasteiger partial charge < -0.3 is 5.73 Å². The molecule has 1 aliphatic heterocycles. The molecule has 2 nitrogen and oxygen atoms in total. The van der Waals surface area contributed by atoms with Gasteiger partial charge in [-0.1, -0.05) is 34.1 Å². The van der Waals surface area contributed by atoms with Gasteiger partial charge in [0.05, 0.1) is 5.54 Å². The first-order valence-corrected chi connectivity index (χ1v) is 8.03. The van der Waals surface area contributed by atoms with Crippen LogP contribution in [-0.2, 0) is 5.54 Å². The highest BCUT2D eigenvalue weighted by Crippen LogP contribution is 2.55. The van der Waals surface area contributed by atoms with Crippen LogP contribution >= 0.6 is 27.7 Å². The zero-order valence-corrected chi connectivity index (χ0v) is 13.2. The summed E-state index contributed by atoms with van der Waals surface area (Å²) >= 11 is 5.09. The summed E-state index contributed by atoms with van der Waals surface area (Å²) in [7, 11) is 0. The molecule has 0 radical (unpaired) electrons. The fraction of sp³-hybridized carbons (Fsp3) is 0.500. The van der Waals surface area contributed by atoms with E-state index in [1.807, 2.05) is 13.0 Å². The van der Waals surface area contributed by atoms with E-state index in [0.29, 0.717) is 10.7 Å². The Hall–Kier alpha value is -0.550. The molecule has 1 heterocycles. The Morgan fingerprint density at radius 3 is 2.79 bits per heavy atom. The van der Waals surface area contributed by atoms with Crippen molar-refractivity contribution in [2.75, 3.05) is 0 Å². The van der Waals surface area contributed by atoms with Gasteiger partial charge in [0, 0.05) is 14.8 Å². The second-order valence-corrected chi connectivity index (χ2v) is 8.07. The molecule has 1 aliphatic carbocycles. The summed E-state index contributed by atoms with van der Waals surface area (Å²) in [5.41, 5.74) is 6.08. The van der Waals surface area contributed by atoms with Crippen molar-refractivity contribution in [3.63, 3.8) is 0 Å². The molecule has 0 amide bonds. The van der Waals surface area contributed by atoms with Crippen LogP contribution in [0.2, 0.25) is 0 Å². The van der Waals surface area contributed by atoms with Crippen LogP contribution in [0.5, 0.6) is 0 Å². The van der Waals surface area contributed by atoms with Gasteiger partial charge in [-0.3, -0.25) is 4.99 Å². The standard InChI is InChI=1S/C14H16BrFN2S/c1-13(10-7-9(15)3-4-11(10)16)8-14(5-2-6-14)19-12(17)18-13/h3-4,7H,2,5-6,8H2,1H3,(H2,17,18). The van der Waals surface area contributed by atoms with Crippen molar-refractivity contribution >= 4 is 32.9 Å². The van der Waals surface area contributed by atoms with Gasteiger partial charge in [-0.2, -0.15) is 0 Å². The molecule has 3 rings (SSSR count). The van der Waals surface area contributed by atoms with E-state index in [-0.39, 0.29) is 10.6 Å². The van der Waals surface area contributed by atoms with Gasteiger partial charge >= 0.3 is 0 Å². The first-order valence-electron chi connectivity index (χ1n) is 6.42. The van der Waals surface area contributed by atoms with E-state index < -0.39 is 5.54 Å². The van der Waals surface area contributed by atoms with Crippen molar-refractivity contribution < 1.29 is 4.39 Å². The zero-order chi connectivity index (χ0) is 13.7. The van der Waals surface area contributed by atoms with Gasteiger partial charge in [-0.05, 0) is 44.4 Å². The van der Waals surface area contributed by atoms with Crippen molar-refractivity contribution in [1.29, 1.82) is 0 Å². The van der Waals surface area contributed by atoms with Crippen molar-refractivity contribution in [2.24, 2.45) is 10.7 Å². The van der Waals surface area contributed by atoms with Gasteiger partial charge in [0.25, 0.3) is 0 Å². The van der Waals surface area contributed by atoms with E-state index in [4.69, 9.17) is 5.73 Å². The van der Waals surface area contributed by atoms with Gasteiger partial charge in [0.1, 0.15) is 5.82 Å². The molecule has 1 aromatic carbocycles. The van der Waals surface area contributed by atoms with Crippen molar-refractivity contribution in [3.8, 4) is 0 Å². The van der Waals surface area contributed by atoms with Gasteiger partial charge in [-0.25, -0.2) is 4.39 Å². The minimum atomic E-state index is -0.552. The highest BCUT2D eigenvalue weighted by Gasteiger charge is 2.48. The predicted octanol–water partition coefficient (Wildman–Crippen LogP) is 4.18. The monoisotopic (exact) mass is 342 g/mol. The van der Waals surface area contributed by atoms with Crippen LogP contribution in [0.4, 0.5) is 4.39 Å². The second-order valence-electron chi connectivity index (χ2n) is 5.66. The predicted molar refractivity (Wildman–Crippen MR) is 81.9 cm³/mol. The first-order chi connectivity index (χ1) is 8.92. The fourth-order valence-electron chi connectivity index (χ4n) is 3.11. The van der Waals surface area contributed by atoms with Crippen molar-refractivity contribution in [2.45, 2.75) is 42.9 Å². The van der Waals surface area contributed by atoms with Crippen LogP contribution < -0.4 is 5.73 Å². The number of rotatable bonds is 1. The quantitative estimate of drug-likeness (QED) is 0.831. The van der Waals surface area contributed by atoms with E-state index in [1.54, 1.807) is 17.8 Å². The number of nitrogens with two attached hydrogens (primary N) is 1. The Bertz CT molecular complexity index is 556. The van der Waals surface area contributed by atoms with Crippen LogP contribution in [0.15, 0.2) is 27.7 Å². The number of hydrogen-bond donors (Lipinski definition) is 1. The Labute approximate surface area is 125 Å². The lowest BCUT2D eigenvalue weighted by Gasteiger charge is -2.48. The SMILES string of the molecule is CC1(c2cc(Br)ccc2F)CC2(CCC2)SC(N)=N1. The van der Waals surface area contributed by atoms with Crippen LogP contribution in [0.1, 0.15) is 38.2 Å². The number of aliphatic imine (C=N–C) groups is 1. The average molecular weight is 343 g/mol. The van der Waals surface area contributed by atoms with Crippen LogP contribution in [0.25, 0.3) is 0 Å². The third-order valence-corrected chi connectivity index (χ3v) is 5.90. The summed E-state index contributed by atoms with van der Waals surface area (Å²) in [6.07, 6.45) is 4.40. The first kappa shape index (κ1) is 13.4. The van der Waals surface area contributed by atoms with Crippen LogP contribution in [0.3, 0.4) is 0 Å². The molecule has 1 atom stereocenters. The Balaban J connectivity index is 2.06. The number of amidine groups is 1. The second kappa shape index (κ2) is 4.48. The lowest BCUT2D eigenvalue weighted by molar-refractivity contribution is 0.267. The summed E-state index contributed by atoms with van der Waals surface area (Å²) in [6, 6.07) is 5.03. The number of nitrogens with zero attached hydrogens (tertiary/aromatic N) is 1. The Morgan fingerprint density at radius 1 is 1.42 bits per heavy atom. The molecule has 1 saturated carbocycles. The minimum absolute atomic E-state index is 0.176. The third kappa shape index (κ3) is 2.31. The Morgan fingerprint density at radius 2 is 2.16 bits per heavy atom. The van der Waals surface area contributed by atoms with Crippen LogP contribution in [-0.4, -0.2) is 9.91 Å². The normalized spacial score (nSPS) is 28.9. The molecule has 2 aliphatic rings. The molecule has 0 saturated heterocycles. The third-order valence-electron chi connectivity index (χ3n) is 4.12. The number of hydrogen-bond acceptors (Lipinski definition) is 3. The number of benzene rings is 1. The molecule has 2 N–H and O–H groups in total. The topological polar surface area (TPSA) is 38.4 Å². The van der Waals surface area contributed by atoms with Crippen LogP contribution in [0, 0.1) is 5.82 Å². The highest BCUT2D eigenvalue weighted by molar-refractivity contribution is 9.10. The fourth-order valence-corrected chi connectivity index (χ4v) is 5.00. The Kier molecular flexibility index (Phi) is 3.17. The van der Waals surface area contributed by atoms with Gasteiger partial charge in [0.15, 0.2) is 5.17 Å². The van der Waals surface area contributed by atoms with Gasteiger partial charge in [0.2, 0.25) is 0 Å². The number of halogens is 2. The maximum Gasteiger partial charge on any atom is 0.155 e. The maximum absolute atomic E-state index is 14.2. The minimum Gasteiger partial charge on any atom is -0.378 e. The molecule has 1 spiro atoms.